The maximum Gasteiger partial charge on any atom is 0.316 e. The normalized spacial score (nSPS) is 26.2. The lowest BCUT2D eigenvalue weighted by atomic mass is 9.80. The van der Waals surface area contributed by atoms with Crippen molar-refractivity contribution in [1.29, 1.82) is 0 Å². The highest BCUT2D eigenvalue weighted by Gasteiger charge is 2.40. The average molecular weight is 268 g/mol. The van der Waals surface area contributed by atoms with Crippen LogP contribution in [0.15, 0.2) is 0 Å². The summed E-state index contributed by atoms with van der Waals surface area (Å²) in [5, 5.41) is 12.2. The van der Waals surface area contributed by atoms with Gasteiger partial charge in [0.25, 0.3) is 0 Å². The Balaban J connectivity index is 1.90. The fourth-order valence-corrected chi connectivity index (χ4v) is 2.84. The number of aliphatic carboxylic acids is 1. The third kappa shape index (κ3) is 3.47. The molecule has 1 aliphatic carbocycles. The summed E-state index contributed by atoms with van der Waals surface area (Å²) >= 11 is 0. The molecular formula is C14H24N2O3. The van der Waals surface area contributed by atoms with E-state index in [0.29, 0.717) is 6.04 Å². The quantitative estimate of drug-likeness (QED) is 0.749. The van der Waals surface area contributed by atoms with Gasteiger partial charge < -0.3 is 10.4 Å². The first-order chi connectivity index (χ1) is 8.79. The van der Waals surface area contributed by atoms with Gasteiger partial charge in [-0.05, 0) is 24.7 Å². The van der Waals surface area contributed by atoms with E-state index in [4.69, 9.17) is 0 Å². The van der Waals surface area contributed by atoms with Gasteiger partial charge in [0.2, 0.25) is 5.91 Å². The number of carbonyl (C=O) groups is 2. The van der Waals surface area contributed by atoms with Crippen LogP contribution < -0.4 is 5.32 Å². The lowest BCUT2D eigenvalue weighted by Crippen LogP contribution is -2.47. The summed E-state index contributed by atoms with van der Waals surface area (Å²) in [4.78, 5) is 25.8. The maximum absolute atomic E-state index is 12.2. The van der Waals surface area contributed by atoms with Gasteiger partial charge >= 0.3 is 5.97 Å². The van der Waals surface area contributed by atoms with Crippen LogP contribution in [-0.2, 0) is 9.59 Å². The summed E-state index contributed by atoms with van der Waals surface area (Å²) in [5.74, 6) is -2.37. The molecule has 1 saturated carbocycles. The number of nitrogens with one attached hydrogen (secondary N) is 1. The van der Waals surface area contributed by atoms with Crippen LogP contribution in [0.3, 0.4) is 0 Å². The maximum atomic E-state index is 12.2. The fraction of sp³-hybridized carbons (Fsp3) is 0.857. The number of likely N-dealkylation sites (tertiary alicyclic amines) is 1. The molecule has 2 aliphatic rings. The summed E-state index contributed by atoms with van der Waals surface area (Å²) < 4.78 is 0. The zero-order chi connectivity index (χ0) is 14.2. The summed E-state index contributed by atoms with van der Waals surface area (Å²) in [6.07, 6.45) is 3.46. The molecule has 5 nitrogen and oxygen atoms in total. The molecule has 0 spiro atoms. The van der Waals surface area contributed by atoms with E-state index >= 15 is 0 Å². The van der Waals surface area contributed by atoms with Crippen LogP contribution in [0.5, 0.6) is 0 Å². The molecule has 1 amide bonds. The Morgan fingerprint density at radius 3 is 2.37 bits per heavy atom. The minimum atomic E-state index is -1.04. The number of hydrogen-bond donors (Lipinski definition) is 2. The van der Waals surface area contributed by atoms with Crippen LogP contribution >= 0.6 is 0 Å². The molecule has 2 unspecified atom stereocenters. The monoisotopic (exact) mass is 268 g/mol. The second kappa shape index (κ2) is 5.12. The van der Waals surface area contributed by atoms with Crippen LogP contribution in [0.4, 0.5) is 0 Å². The molecule has 1 aliphatic heterocycles. The molecule has 5 heteroatoms. The molecule has 0 radical (unpaired) electrons. The molecule has 0 bridgehead atoms. The summed E-state index contributed by atoms with van der Waals surface area (Å²) in [6, 6.07) is 0.817. The van der Waals surface area contributed by atoms with Gasteiger partial charge in [-0.3, -0.25) is 14.5 Å². The Labute approximate surface area is 114 Å². The number of nitrogens with zero attached hydrogens (tertiary/aromatic N) is 1. The summed E-state index contributed by atoms with van der Waals surface area (Å²) in [5.41, 5.74) is -0.565. The smallest absolute Gasteiger partial charge is 0.316 e. The summed E-state index contributed by atoms with van der Waals surface area (Å²) in [6.45, 7) is 7.25. The average Bonchev–Trinajstić information content (AvgIpc) is 2.97. The van der Waals surface area contributed by atoms with E-state index in [2.05, 4.69) is 10.2 Å². The van der Waals surface area contributed by atoms with Gasteiger partial charge in [-0.15, -0.1) is 0 Å². The molecule has 2 rings (SSSR count). The van der Waals surface area contributed by atoms with Crippen molar-refractivity contribution in [2.45, 2.75) is 52.1 Å². The third-order valence-corrected chi connectivity index (χ3v) is 4.00. The lowest BCUT2D eigenvalue weighted by Gasteiger charge is -2.27. The number of carboxylic acids is 1. The topological polar surface area (TPSA) is 69.6 Å². The Hall–Kier alpha value is -1.10. The molecule has 0 aromatic rings. The predicted molar refractivity (Wildman–Crippen MR) is 71.7 cm³/mol. The van der Waals surface area contributed by atoms with E-state index in [1.807, 2.05) is 0 Å². The van der Waals surface area contributed by atoms with Crippen molar-refractivity contribution in [3.05, 3.63) is 0 Å². The first-order valence-electron chi connectivity index (χ1n) is 7.06. The van der Waals surface area contributed by atoms with Gasteiger partial charge in [-0.1, -0.05) is 20.8 Å². The van der Waals surface area contributed by atoms with E-state index in [0.717, 1.165) is 19.5 Å². The van der Waals surface area contributed by atoms with Gasteiger partial charge in [-0.25, -0.2) is 0 Å². The number of hydrogen-bond acceptors (Lipinski definition) is 3. The second-order valence-corrected chi connectivity index (χ2v) is 6.86. The third-order valence-electron chi connectivity index (χ3n) is 4.00. The Morgan fingerprint density at radius 2 is 1.89 bits per heavy atom. The van der Waals surface area contributed by atoms with Crippen molar-refractivity contribution in [2.75, 3.05) is 13.1 Å². The molecule has 1 heterocycles. The highest BCUT2D eigenvalue weighted by molar-refractivity contribution is 5.97. The molecule has 108 valence electrons. The van der Waals surface area contributed by atoms with Crippen LogP contribution in [0.2, 0.25) is 0 Å². The molecule has 2 N–H and O–H groups in total. The number of amides is 1. The molecule has 2 atom stereocenters. The van der Waals surface area contributed by atoms with Crippen LogP contribution in [0.1, 0.15) is 40.0 Å². The Bertz CT molecular complexity index is 371. The largest absolute Gasteiger partial charge is 0.481 e. The van der Waals surface area contributed by atoms with Crippen molar-refractivity contribution >= 4 is 11.9 Å². The van der Waals surface area contributed by atoms with Crippen molar-refractivity contribution < 1.29 is 14.7 Å². The lowest BCUT2D eigenvalue weighted by molar-refractivity contribution is -0.151. The first kappa shape index (κ1) is 14.3. The number of carbonyl (C=O) groups excluding carboxylic acids is 1. The van der Waals surface area contributed by atoms with E-state index in [-0.39, 0.29) is 11.9 Å². The van der Waals surface area contributed by atoms with Crippen molar-refractivity contribution in [3.63, 3.8) is 0 Å². The first-order valence-corrected chi connectivity index (χ1v) is 7.06. The minimum absolute atomic E-state index is 0.109. The fourth-order valence-electron chi connectivity index (χ4n) is 2.84. The van der Waals surface area contributed by atoms with Crippen LogP contribution in [0.25, 0.3) is 0 Å². The van der Waals surface area contributed by atoms with Crippen molar-refractivity contribution in [1.82, 2.24) is 10.2 Å². The Morgan fingerprint density at radius 1 is 1.26 bits per heavy atom. The molecular weight excluding hydrogens is 244 g/mol. The zero-order valence-electron chi connectivity index (χ0n) is 12.0. The van der Waals surface area contributed by atoms with E-state index in [1.54, 1.807) is 20.8 Å². The zero-order valence-corrected chi connectivity index (χ0v) is 12.0. The molecule has 0 aromatic carbocycles. The van der Waals surface area contributed by atoms with Gasteiger partial charge in [0.15, 0.2) is 0 Å². The number of rotatable bonds is 4. The van der Waals surface area contributed by atoms with Gasteiger partial charge in [-0.2, -0.15) is 0 Å². The molecule has 1 saturated heterocycles. The van der Waals surface area contributed by atoms with Crippen LogP contribution in [0, 0.1) is 11.3 Å². The van der Waals surface area contributed by atoms with E-state index in [1.165, 1.54) is 12.8 Å². The minimum Gasteiger partial charge on any atom is -0.481 e. The molecule has 2 fully saturated rings. The highest BCUT2D eigenvalue weighted by Crippen LogP contribution is 2.30. The van der Waals surface area contributed by atoms with Crippen molar-refractivity contribution in [2.24, 2.45) is 11.3 Å². The predicted octanol–water partition coefficient (Wildman–Crippen LogP) is 1.09. The Kier molecular flexibility index (Phi) is 3.85. The molecule has 19 heavy (non-hydrogen) atoms. The summed E-state index contributed by atoms with van der Waals surface area (Å²) in [7, 11) is 0. The highest BCUT2D eigenvalue weighted by atomic mass is 16.4. The SMILES string of the molecule is CC(C)(C)C(C(=O)O)C(=O)NC1CCN(C2CC2)C1. The molecule has 0 aromatic heterocycles. The van der Waals surface area contributed by atoms with E-state index < -0.39 is 17.3 Å². The van der Waals surface area contributed by atoms with Gasteiger partial charge in [0.05, 0.1) is 0 Å². The standard InChI is InChI=1S/C14H24N2O3/c1-14(2,3)11(13(18)19)12(17)15-9-6-7-16(8-9)10-4-5-10/h9-11H,4-8H2,1-3H3,(H,15,17)(H,18,19). The second-order valence-electron chi connectivity index (χ2n) is 6.86. The number of carboxylic acid groups (broad SMARTS) is 1. The van der Waals surface area contributed by atoms with Gasteiger partial charge in [0, 0.05) is 25.2 Å². The van der Waals surface area contributed by atoms with Crippen LogP contribution in [-0.4, -0.2) is 47.1 Å². The van der Waals surface area contributed by atoms with Crippen molar-refractivity contribution in [3.8, 4) is 0 Å². The van der Waals surface area contributed by atoms with E-state index in [9.17, 15) is 14.7 Å². The van der Waals surface area contributed by atoms with Gasteiger partial charge in [0.1, 0.15) is 5.92 Å².